The first-order chi connectivity index (χ1) is 30.5. The van der Waals surface area contributed by atoms with Crippen molar-refractivity contribution in [1.29, 1.82) is 0 Å². The first-order valence-electron chi connectivity index (χ1n) is 21.5. The van der Waals surface area contributed by atoms with Crippen LogP contribution >= 0.6 is 0 Å². The Hall–Kier alpha value is -7.56. The minimum atomic E-state index is 0.223. The predicted octanol–water partition coefficient (Wildman–Crippen LogP) is 15.9. The highest BCUT2D eigenvalue weighted by Crippen LogP contribution is 2.36. The molecule has 0 saturated carbocycles. The van der Waals surface area contributed by atoms with Crippen LogP contribution in [0.4, 0.5) is 45.5 Å². The SMILES string of the molecule is CCc1cccc(N(c2ccccc2)c2ccc(NC3C=CC(N(c4ccccc4)c4cccc(C)c4)=CC3)cc2)c1.Cc1cccc(Nc2ccccc2)c1.c1ccccc1. The molecule has 0 bridgehead atoms. The quantitative estimate of drug-likeness (QED) is 0.136. The molecule has 0 saturated heterocycles. The summed E-state index contributed by atoms with van der Waals surface area (Å²) in [5, 5.41) is 7.07. The van der Waals surface area contributed by atoms with Crippen LogP contribution in [-0.4, -0.2) is 6.04 Å². The molecule has 0 fully saturated rings. The average Bonchev–Trinajstić information content (AvgIpc) is 3.32. The van der Waals surface area contributed by atoms with E-state index in [0.29, 0.717) is 0 Å². The highest BCUT2D eigenvalue weighted by atomic mass is 15.2. The molecule has 8 aromatic rings. The number of nitrogens with one attached hydrogen (secondary N) is 2. The lowest BCUT2D eigenvalue weighted by atomic mass is 10.0. The van der Waals surface area contributed by atoms with Gasteiger partial charge in [0, 0.05) is 57.2 Å². The van der Waals surface area contributed by atoms with Crippen molar-refractivity contribution in [2.75, 3.05) is 20.4 Å². The normalized spacial score (nSPS) is 12.6. The number of aryl methyl sites for hydroxylation is 3. The van der Waals surface area contributed by atoms with Crippen molar-refractivity contribution in [2.24, 2.45) is 0 Å². The molecular weight excluding hydrogens is 753 g/mol. The molecule has 62 heavy (non-hydrogen) atoms. The van der Waals surface area contributed by atoms with Crippen LogP contribution in [0, 0.1) is 13.8 Å². The zero-order valence-electron chi connectivity index (χ0n) is 36.0. The molecule has 1 atom stereocenters. The summed E-state index contributed by atoms with van der Waals surface area (Å²) in [5.41, 5.74) is 14.2. The number of rotatable bonds is 11. The fourth-order valence-corrected chi connectivity index (χ4v) is 7.33. The summed E-state index contributed by atoms with van der Waals surface area (Å²) in [6.07, 6.45) is 8.77. The van der Waals surface area contributed by atoms with E-state index in [0.717, 1.165) is 47.0 Å². The molecule has 308 valence electrons. The van der Waals surface area contributed by atoms with Gasteiger partial charge in [0.2, 0.25) is 0 Å². The van der Waals surface area contributed by atoms with Crippen LogP contribution in [0.15, 0.2) is 248 Å². The van der Waals surface area contributed by atoms with E-state index in [4.69, 9.17) is 0 Å². The van der Waals surface area contributed by atoms with E-state index in [9.17, 15) is 0 Å². The molecular formula is C58H56N4. The number of hydrogen-bond acceptors (Lipinski definition) is 4. The molecule has 2 N–H and O–H groups in total. The van der Waals surface area contributed by atoms with Gasteiger partial charge in [-0.15, -0.1) is 0 Å². The van der Waals surface area contributed by atoms with Crippen molar-refractivity contribution < 1.29 is 0 Å². The molecule has 0 aromatic heterocycles. The number of hydrogen-bond donors (Lipinski definition) is 2. The Morgan fingerprint density at radius 2 is 0.919 bits per heavy atom. The summed E-state index contributed by atoms with van der Waals surface area (Å²) in [4.78, 5) is 4.65. The Balaban J connectivity index is 0.000000235. The van der Waals surface area contributed by atoms with E-state index in [1.807, 2.05) is 54.6 Å². The number of nitrogens with zero attached hydrogens (tertiary/aromatic N) is 2. The number of benzene rings is 8. The fraction of sp³-hybridized carbons (Fsp3) is 0.103. The van der Waals surface area contributed by atoms with Crippen LogP contribution in [-0.2, 0) is 6.42 Å². The summed E-state index contributed by atoms with van der Waals surface area (Å²) in [6.45, 7) is 6.44. The Morgan fingerprint density at radius 1 is 0.435 bits per heavy atom. The second-order valence-electron chi connectivity index (χ2n) is 15.2. The van der Waals surface area contributed by atoms with Crippen LogP contribution in [0.3, 0.4) is 0 Å². The monoisotopic (exact) mass is 808 g/mol. The smallest absolute Gasteiger partial charge is 0.0483 e. The van der Waals surface area contributed by atoms with Gasteiger partial charge in [0.15, 0.2) is 0 Å². The zero-order valence-corrected chi connectivity index (χ0v) is 36.0. The van der Waals surface area contributed by atoms with Gasteiger partial charge in [-0.05, 0) is 147 Å². The third-order valence-electron chi connectivity index (χ3n) is 10.4. The maximum Gasteiger partial charge on any atom is 0.0483 e. The van der Waals surface area contributed by atoms with Gasteiger partial charge >= 0.3 is 0 Å². The van der Waals surface area contributed by atoms with Crippen molar-refractivity contribution in [3.05, 3.63) is 265 Å². The lowest BCUT2D eigenvalue weighted by molar-refractivity contribution is 0.868. The van der Waals surface area contributed by atoms with Gasteiger partial charge in [-0.3, -0.25) is 0 Å². The molecule has 4 nitrogen and oxygen atoms in total. The maximum atomic E-state index is 3.72. The Labute approximate surface area is 369 Å². The van der Waals surface area contributed by atoms with Crippen LogP contribution in [0.1, 0.15) is 30.0 Å². The summed E-state index contributed by atoms with van der Waals surface area (Å²) in [5.74, 6) is 0. The third-order valence-corrected chi connectivity index (χ3v) is 10.4. The van der Waals surface area contributed by atoms with Gasteiger partial charge in [-0.1, -0.05) is 146 Å². The van der Waals surface area contributed by atoms with Gasteiger partial charge in [0.1, 0.15) is 0 Å². The molecule has 9 rings (SSSR count). The molecule has 0 radical (unpaired) electrons. The van der Waals surface area contributed by atoms with Crippen molar-refractivity contribution in [2.45, 2.75) is 39.7 Å². The Morgan fingerprint density at radius 3 is 1.48 bits per heavy atom. The average molecular weight is 809 g/mol. The second-order valence-corrected chi connectivity index (χ2v) is 15.2. The van der Waals surface area contributed by atoms with Crippen LogP contribution < -0.4 is 20.4 Å². The molecule has 0 aliphatic heterocycles. The molecule has 0 spiro atoms. The summed E-state index contributed by atoms with van der Waals surface area (Å²) >= 11 is 0. The van der Waals surface area contributed by atoms with Crippen molar-refractivity contribution >= 4 is 45.5 Å². The largest absolute Gasteiger partial charge is 0.379 e. The number of anilines is 8. The van der Waals surface area contributed by atoms with Gasteiger partial charge in [0.05, 0.1) is 0 Å². The minimum absolute atomic E-state index is 0.223. The van der Waals surface area contributed by atoms with E-state index in [-0.39, 0.29) is 6.04 Å². The van der Waals surface area contributed by atoms with Crippen LogP contribution in [0.5, 0.6) is 0 Å². The van der Waals surface area contributed by atoms with Gasteiger partial charge in [0.25, 0.3) is 0 Å². The topological polar surface area (TPSA) is 30.5 Å². The summed E-state index contributed by atoms with van der Waals surface area (Å²) < 4.78 is 0. The third kappa shape index (κ3) is 12.2. The second kappa shape index (κ2) is 22.2. The maximum absolute atomic E-state index is 3.72. The molecule has 0 heterocycles. The van der Waals surface area contributed by atoms with Crippen LogP contribution in [0.2, 0.25) is 0 Å². The number of para-hydroxylation sites is 3. The molecule has 1 aliphatic carbocycles. The van der Waals surface area contributed by atoms with E-state index in [1.165, 1.54) is 33.8 Å². The van der Waals surface area contributed by atoms with Crippen molar-refractivity contribution in [3.8, 4) is 0 Å². The summed E-state index contributed by atoms with van der Waals surface area (Å²) in [7, 11) is 0. The molecule has 8 aromatic carbocycles. The fourth-order valence-electron chi connectivity index (χ4n) is 7.33. The lowest BCUT2D eigenvalue weighted by Gasteiger charge is -2.29. The minimum Gasteiger partial charge on any atom is -0.379 e. The van der Waals surface area contributed by atoms with E-state index in [2.05, 4.69) is 229 Å². The Kier molecular flexibility index (Phi) is 15.2. The molecule has 4 heteroatoms. The standard InChI is InChI=1S/C39H37N3.C13H13N.C6H6/c1-3-31-13-11-19-39(29-31)42(35-16-8-5-9-17-35)37-26-22-33(23-27-37)40-32-20-24-36(25-21-32)41(34-14-6-4-7-15-34)38-18-10-12-30(2)28-38;1-11-6-5-9-13(10-11)14-12-7-3-2-4-8-12;1-2-4-6-5-3-1/h4-20,22-29,32,40H,3,21H2,1-2H3;2-10,14H,1H3;1-6H. The van der Waals surface area contributed by atoms with E-state index < -0.39 is 0 Å². The summed E-state index contributed by atoms with van der Waals surface area (Å²) in [6, 6.07) is 78.2. The first kappa shape index (κ1) is 42.6. The van der Waals surface area contributed by atoms with Crippen LogP contribution in [0.25, 0.3) is 0 Å². The predicted molar refractivity (Wildman–Crippen MR) is 267 cm³/mol. The van der Waals surface area contributed by atoms with Crippen molar-refractivity contribution in [3.63, 3.8) is 0 Å². The molecule has 1 unspecified atom stereocenters. The van der Waals surface area contributed by atoms with E-state index in [1.54, 1.807) is 0 Å². The highest BCUT2D eigenvalue weighted by Gasteiger charge is 2.18. The first-order valence-corrected chi connectivity index (χ1v) is 21.5. The lowest BCUT2D eigenvalue weighted by Crippen LogP contribution is -2.22. The highest BCUT2D eigenvalue weighted by molar-refractivity contribution is 5.78. The zero-order chi connectivity index (χ0) is 42.8. The Bertz CT molecular complexity index is 2580. The van der Waals surface area contributed by atoms with Gasteiger partial charge in [-0.2, -0.15) is 0 Å². The van der Waals surface area contributed by atoms with Gasteiger partial charge in [-0.25, -0.2) is 0 Å². The molecule has 1 aliphatic rings. The van der Waals surface area contributed by atoms with Gasteiger partial charge < -0.3 is 20.4 Å². The van der Waals surface area contributed by atoms with E-state index >= 15 is 0 Å². The van der Waals surface area contributed by atoms with Crippen molar-refractivity contribution in [1.82, 2.24) is 0 Å². The molecule has 0 amide bonds. The number of allylic oxidation sites excluding steroid dienone is 1.